The highest BCUT2D eigenvalue weighted by molar-refractivity contribution is 14.0. The van der Waals surface area contributed by atoms with E-state index >= 15 is 0 Å². The third-order valence-electron chi connectivity index (χ3n) is 5.09. The third-order valence-corrected chi connectivity index (χ3v) is 5.98. The molecule has 0 N–H and O–H groups in total. The summed E-state index contributed by atoms with van der Waals surface area (Å²) >= 11 is 1.69. The van der Waals surface area contributed by atoms with Crippen LogP contribution in [0.2, 0.25) is 0 Å². The highest BCUT2D eigenvalue weighted by atomic mass is 127. The Morgan fingerprint density at radius 3 is 1.85 bits per heavy atom. The van der Waals surface area contributed by atoms with Crippen LogP contribution in [0, 0.1) is 0 Å². The second-order valence-electron chi connectivity index (χ2n) is 7.49. The second-order valence-corrected chi connectivity index (χ2v) is 8.72. The van der Waals surface area contributed by atoms with Gasteiger partial charge in [-0.05, 0) is 60.2 Å². The Hall–Kier alpha value is -2.52. The number of aliphatic imine (C=N–C) groups is 1. The maximum Gasteiger partial charge on any atom is 0.164 e. The molecule has 0 spiro atoms. The van der Waals surface area contributed by atoms with Crippen molar-refractivity contribution in [3.05, 3.63) is 89.5 Å². The fourth-order valence-corrected chi connectivity index (χ4v) is 4.06. The standard InChI is InChI=1S/C27H30N2O3S.HI/c1-5-33-27(28-24-8-6-7-23(17-24)20(2)30)29(18-21-9-13-25(31-3)14-10-21)19-22-11-15-26(32-4)16-12-22;/h6-17H,5,18-19H2,1-4H3;1H. The summed E-state index contributed by atoms with van der Waals surface area (Å²) in [4.78, 5) is 19.1. The zero-order chi connectivity index (χ0) is 23.6. The fraction of sp³-hybridized carbons (Fsp3) is 0.259. The number of carbonyl (C=O) groups excluding carboxylic acids is 1. The van der Waals surface area contributed by atoms with Gasteiger partial charge in [0.2, 0.25) is 0 Å². The van der Waals surface area contributed by atoms with Crippen LogP contribution in [-0.4, -0.2) is 35.8 Å². The molecule has 0 unspecified atom stereocenters. The molecule has 0 heterocycles. The number of hydrogen-bond acceptors (Lipinski definition) is 5. The monoisotopic (exact) mass is 590 g/mol. The van der Waals surface area contributed by atoms with Crippen molar-refractivity contribution in [3.63, 3.8) is 0 Å². The van der Waals surface area contributed by atoms with E-state index in [1.165, 1.54) is 0 Å². The van der Waals surface area contributed by atoms with Gasteiger partial charge < -0.3 is 14.4 Å². The molecule has 7 heteroatoms. The molecule has 0 atom stereocenters. The highest BCUT2D eigenvalue weighted by Gasteiger charge is 2.15. The number of ketones is 1. The van der Waals surface area contributed by atoms with Crippen LogP contribution in [0.5, 0.6) is 11.5 Å². The van der Waals surface area contributed by atoms with Gasteiger partial charge in [-0.25, -0.2) is 4.99 Å². The predicted octanol–water partition coefficient (Wildman–Crippen LogP) is 6.97. The summed E-state index contributed by atoms with van der Waals surface area (Å²) in [7, 11) is 3.34. The lowest BCUT2D eigenvalue weighted by Crippen LogP contribution is -2.28. The van der Waals surface area contributed by atoms with E-state index in [0.29, 0.717) is 18.7 Å². The minimum absolute atomic E-state index is 0. The van der Waals surface area contributed by atoms with Crippen LogP contribution in [-0.2, 0) is 13.1 Å². The molecule has 3 aromatic rings. The van der Waals surface area contributed by atoms with Crippen LogP contribution in [0.4, 0.5) is 5.69 Å². The molecule has 0 aliphatic rings. The van der Waals surface area contributed by atoms with Gasteiger partial charge in [0.15, 0.2) is 11.0 Å². The average Bonchev–Trinajstić information content (AvgIpc) is 2.84. The first-order valence-electron chi connectivity index (χ1n) is 10.9. The molecule has 5 nitrogen and oxygen atoms in total. The van der Waals surface area contributed by atoms with Crippen LogP contribution in [0.1, 0.15) is 35.3 Å². The van der Waals surface area contributed by atoms with Crippen LogP contribution in [0.15, 0.2) is 77.8 Å². The van der Waals surface area contributed by atoms with Crippen LogP contribution in [0.3, 0.4) is 0 Å². The number of thioether (sulfide) groups is 1. The van der Waals surface area contributed by atoms with E-state index < -0.39 is 0 Å². The van der Waals surface area contributed by atoms with Crippen molar-refractivity contribution in [3.8, 4) is 11.5 Å². The fourth-order valence-electron chi connectivity index (χ4n) is 3.32. The van der Waals surface area contributed by atoms with Crippen molar-refractivity contribution in [1.29, 1.82) is 0 Å². The summed E-state index contributed by atoms with van der Waals surface area (Å²) in [6, 6.07) is 23.7. The molecule has 0 aliphatic heterocycles. The van der Waals surface area contributed by atoms with Gasteiger partial charge in [0.05, 0.1) is 19.9 Å². The van der Waals surface area contributed by atoms with E-state index in [1.54, 1.807) is 32.9 Å². The molecule has 0 fully saturated rings. The van der Waals surface area contributed by atoms with E-state index in [9.17, 15) is 4.79 Å². The Labute approximate surface area is 223 Å². The minimum atomic E-state index is 0. The molecule has 3 rings (SSSR count). The summed E-state index contributed by atoms with van der Waals surface area (Å²) in [6.45, 7) is 5.07. The number of amidine groups is 1. The van der Waals surface area contributed by atoms with Gasteiger partial charge in [0.25, 0.3) is 0 Å². The molecule has 0 aliphatic carbocycles. The largest absolute Gasteiger partial charge is 0.497 e. The van der Waals surface area contributed by atoms with E-state index in [2.05, 4.69) is 36.1 Å². The van der Waals surface area contributed by atoms with Crippen LogP contribution in [0.25, 0.3) is 0 Å². The van der Waals surface area contributed by atoms with Crippen molar-refractivity contribution < 1.29 is 14.3 Å². The number of carbonyl (C=O) groups is 1. The topological polar surface area (TPSA) is 51.1 Å². The van der Waals surface area contributed by atoms with E-state index in [0.717, 1.165) is 39.2 Å². The van der Waals surface area contributed by atoms with Crippen molar-refractivity contribution in [2.24, 2.45) is 4.99 Å². The zero-order valence-electron chi connectivity index (χ0n) is 20.0. The van der Waals surface area contributed by atoms with Gasteiger partial charge in [-0.15, -0.1) is 24.0 Å². The van der Waals surface area contributed by atoms with Gasteiger partial charge in [-0.3, -0.25) is 4.79 Å². The van der Waals surface area contributed by atoms with Gasteiger partial charge in [-0.1, -0.05) is 55.1 Å². The molecule has 180 valence electrons. The first-order chi connectivity index (χ1) is 16.0. The van der Waals surface area contributed by atoms with Crippen LogP contribution >= 0.6 is 35.7 Å². The lowest BCUT2D eigenvalue weighted by Gasteiger charge is -2.26. The average molecular weight is 591 g/mol. The Kier molecular flexibility index (Phi) is 11.4. The molecule has 0 saturated heterocycles. The van der Waals surface area contributed by atoms with Crippen molar-refractivity contribution in [2.75, 3.05) is 20.0 Å². The van der Waals surface area contributed by atoms with Gasteiger partial charge in [0, 0.05) is 18.7 Å². The van der Waals surface area contributed by atoms with Crippen molar-refractivity contribution >= 4 is 52.4 Å². The highest BCUT2D eigenvalue weighted by Crippen LogP contribution is 2.24. The number of methoxy groups -OCH3 is 2. The number of Topliss-reactive ketones (excluding diaryl/α,β-unsaturated/α-hetero) is 1. The molecule has 0 aromatic heterocycles. The molecule has 0 bridgehead atoms. The zero-order valence-corrected chi connectivity index (χ0v) is 23.1. The van der Waals surface area contributed by atoms with E-state index in [4.69, 9.17) is 14.5 Å². The normalized spacial score (nSPS) is 10.9. The number of rotatable bonds is 9. The quantitative estimate of drug-likeness (QED) is 0.117. The Morgan fingerprint density at radius 1 is 0.882 bits per heavy atom. The summed E-state index contributed by atoms with van der Waals surface area (Å²) in [5.41, 5.74) is 3.75. The summed E-state index contributed by atoms with van der Waals surface area (Å²) in [5.74, 6) is 2.58. The van der Waals surface area contributed by atoms with E-state index in [-0.39, 0.29) is 29.8 Å². The van der Waals surface area contributed by atoms with Crippen molar-refractivity contribution in [2.45, 2.75) is 26.9 Å². The number of ether oxygens (including phenoxy) is 2. The van der Waals surface area contributed by atoms with Gasteiger partial charge >= 0.3 is 0 Å². The number of hydrogen-bond donors (Lipinski definition) is 0. The first kappa shape index (κ1) is 27.7. The Balaban J connectivity index is 0.00000408. The molecule has 34 heavy (non-hydrogen) atoms. The predicted molar refractivity (Wildman–Crippen MR) is 152 cm³/mol. The second kappa shape index (κ2) is 14.0. The Bertz CT molecular complexity index is 1040. The number of nitrogens with zero attached hydrogens (tertiary/aromatic N) is 2. The molecule has 3 aromatic carbocycles. The molecule has 0 saturated carbocycles. The minimum Gasteiger partial charge on any atom is -0.497 e. The number of benzene rings is 3. The van der Waals surface area contributed by atoms with Gasteiger partial charge in [-0.2, -0.15) is 0 Å². The third kappa shape index (κ3) is 8.06. The first-order valence-corrected chi connectivity index (χ1v) is 11.8. The Morgan fingerprint density at radius 2 is 1.41 bits per heavy atom. The maximum absolute atomic E-state index is 11.8. The molecule has 0 amide bonds. The maximum atomic E-state index is 11.8. The molecule has 0 radical (unpaired) electrons. The summed E-state index contributed by atoms with van der Waals surface area (Å²) < 4.78 is 10.6. The smallest absolute Gasteiger partial charge is 0.164 e. The SMILES string of the molecule is CCSC(=Nc1cccc(C(C)=O)c1)N(Cc1ccc(OC)cc1)Cc1ccc(OC)cc1.I. The summed E-state index contributed by atoms with van der Waals surface area (Å²) in [5, 5.41) is 0.907. The molecular formula is C27H31IN2O3S. The van der Waals surface area contributed by atoms with Crippen molar-refractivity contribution in [1.82, 2.24) is 4.90 Å². The summed E-state index contributed by atoms with van der Waals surface area (Å²) in [6.07, 6.45) is 0. The van der Waals surface area contributed by atoms with Crippen LogP contribution < -0.4 is 9.47 Å². The van der Waals surface area contributed by atoms with E-state index in [1.807, 2.05) is 48.5 Å². The lowest BCUT2D eigenvalue weighted by molar-refractivity contribution is 0.101. The lowest BCUT2D eigenvalue weighted by atomic mass is 10.1. The van der Waals surface area contributed by atoms with Gasteiger partial charge in [0.1, 0.15) is 11.5 Å². The number of halogens is 1. The molecular weight excluding hydrogens is 559 g/mol.